The van der Waals surface area contributed by atoms with Gasteiger partial charge in [-0.05, 0) is 49.0 Å². The fourth-order valence-corrected chi connectivity index (χ4v) is 2.66. The highest BCUT2D eigenvalue weighted by Crippen LogP contribution is 2.31. The minimum absolute atomic E-state index is 0.922. The van der Waals surface area contributed by atoms with Crippen LogP contribution in [0.5, 0.6) is 0 Å². The fraction of sp³-hybridized carbons (Fsp3) is 0.286. The Balaban J connectivity index is 2.53. The molecule has 0 aliphatic rings. The maximum atomic E-state index is 3.23. The van der Waals surface area contributed by atoms with Crippen LogP contribution in [0.15, 0.2) is 29.6 Å². The molecule has 2 rings (SSSR count). The molecule has 16 heavy (non-hydrogen) atoms. The molecular weight excluding hydrogens is 214 g/mol. The number of benzene rings is 1. The molecule has 1 aromatic heterocycles. The van der Waals surface area contributed by atoms with Crippen molar-refractivity contribution in [3.8, 4) is 11.1 Å². The molecule has 1 N–H and O–H groups in total. The van der Waals surface area contributed by atoms with E-state index in [-0.39, 0.29) is 0 Å². The van der Waals surface area contributed by atoms with Crippen LogP contribution < -0.4 is 5.32 Å². The Kier molecular flexibility index (Phi) is 3.42. The van der Waals surface area contributed by atoms with Gasteiger partial charge in [-0.2, -0.15) is 0 Å². The Labute approximate surface area is 101 Å². The Morgan fingerprint density at radius 2 is 1.94 bits per heavy atom. The number of hydrogen-bond donors (Lipinski definition) is 1. The Hall–Kier alpha value is -1.12. The van der Waals surface area contributed by atoms with E-state index in [1.54, 1.807) is 0 Å². The maximum Gasteiger partial charge on any atom is 0.0208 e. The lowest BCUT2D eigenvalue weighted by Crippen LogP contribution is -2.06. The van der Waals surface area contributed by atoms with Crippen LogP contribution in [0.1, 0.15) is 16.0 Å². The highest BCUT2D eigenvalue weighted by atomic mass is 32.1. The van der Waals surface area contributed by atoms with Crippen LogP contribution in [-0.4, -0.2) is 7.05 Å². The zero-order chi connectivity index (χ0) is 11.5. The van der Waals surface area contributed by atoms with Gasteiger partial charge in [-0.3, -0.25) is 0 Å². The van der Waals surface area contributed by atoms with E-state index >= 15 is 0 Å². The van der Waals surface area contributed by atoms with Gasteiger partial charge in [-0.1, -0.05) is 23.8 Å². The molecule has 0 saturated carbocycles. The molecule has 0 saturated heterocycles. The van der Waals surface area contributed by atoms with Gasteiger partial charge in [0.05, 0.1) is 0 Å². The van der Waals surface area contributed by atoms with Gasteiger partial charge in [0.2, 0.25) is 0 Å². The summed E-state index contributed by atoms with van der Waals surface area (Å²) in [5.41, 5.74) is 5.43. The van der Waals surface area contributed by atoms with E-state index in [2.05, 4.69) is 48.8 Å². The topological polar surface area (TPSA) is 12.0 Å². The quantitative estimate of drug-likeness (QED) is 0.848. The number of nitrogens with one attached hydrogen (secondary N) is 1. The van der Waals surface area contributed by atoms with Crippen LogP contribution in [0.3, 0.4) is 0 Å². The lowest BCUT2D eigenvalue weighted by Gasteiger charge is -2.10. The second-order valence-electron chi connectivity index (χ2n) is 4.08. The SMILES string of the molecule is CNCc1ccc(C)cc1-c1ccsc1C. The molecule has 1 heterocycles. The molecular formula is C14H17NS. The summed E-state index contributed by atoms with van der Waals surface area (Å²) in [4.78, 5) is 1.39. The monoisotopic (exact) mass is 231 g/mol. The van der Waals surface area contributed by atoms with Gasteiger partial charge < -0.3 is 5.32 Å². The summed E-state index contributed by atoms with van der Waals surface area (Å²) < 4.78 is 0. The third-order valence-electron chi connectivity index (χ3n) is 2.78. The predicted molar refractivity (Wildman–Crippen MR) is 72.0 cm³/mol. The minimum atomic E-state index is 0.922. The first-order valence-electron chi connectivity index (χ1n) is 5.51. The zero-order valence-corrected chi connectivity index (χ0v) is 10.8. The molecule has 0 unspecified atom stereocenters. The molecule has 0 amide bonds. The summed E-state index contributed by atoms with van der Waals surface area (Å²) >= 11 is 1.81. The molecule has 2 aromatic rings. The van der Waals surface area contributed by atoms with Crippen LogP contribution in [0.25, 0.3) is 11.1 Å². The molecule has 0 atom stereocenters. The second kappa shape index (κ2) is 4.81. The molecule has 0 spiro atoms. The third kappa shape index (κ3) is 2.18. The molecule has 0 aliphatic carbocycles. The molecule has 1 nitrogen and oxygen atoms in total. The van der Waals surface area contributed by atoms with Crippen molar-refractivity contribution in [1.82, 2.24) is 5.32 Å². The number of hydrogen-bond acceptors (Lipinski definition) is 2. The molecule has 0 aliphatic heterocycles. The second-order valence-corrected chi connectivity index (χ2v) is 5.20. The number of aryl methyl sites for hydroxylation is 2. The smallest absolute Gasteiger partial charge is 0.0208 e. The normalized spacial score (nSPS) is 10.7. The van der Waals surface area contributed by atoms with Crippen molar-refractivity contribution in [3.63, 3.8) is 0 Å². The van der Waals surface area contributed by atoms with Crippen LogP contribution in [-0.2, 0) is 6.54 Å². The van der Waals surface area contributed by atoms with Crippen molar-refractivity contribution < 1.29 is 0 Å². The largest absolute Gasteiger partial charge is 0.316 e. The first kappa shape index (κ1) is 11.4. The Morgan fingerprint density at radius 3 is 2.56 bits per heavy atom. The van der Waals surface area contributed by atoms with Crippen molar-refractivity contribution in [2.24, 2.45) is 0 Å². The lowest BCUT2D eigenvalue weighted by atomic mass is 9.98. The molecule has 0 fully saturated rings. The third-order valence-corrected chi connectivity index (χ3v) is 3.63. The van der Waals surface area contributed by atoms with E-state index < -0.39 is 0 Å². The average molecular weight is 231 g/mol. The van der Waals surface area contributed by atoms with E-state index in [9.17, 15) is 0 Å². The van der Waals surface area contributed by atoms with E-state index in [0.717, 1.165) is 6.54 Å². The van der Waals surface area contributed by atoms with Crippen LogP contribution in [0.2, 0.25) is 0 Å². The predicted octanol–water partition coefficient (Wildman–Crippen LogP) is 3.75. The lowest BCUT2D eigenvalue weighted by molar-refractivity contribution is 0.819. The molecule has 0 bridgehead atoms. The van der Waals surface area contributed by atoms with Crippen LogP contribution in [0.4, 0.5) is 0 Å². The molecule has 0 radical (unpaired) electrons. The van der Waals surface area contributed by atoms with Crippen LogP contribution >= 0.6 is 11.3 Å². The summed E-state index contributed by atoms with van der Waals surface area (Å²) in [6.07, 6.45) is 0. The summed E-state index contributed by atoms with van der Waals surface area (Å²) in [6, 6.07) is 8.89. The van der Waals surface area contributed by atoms with Gasteiger partial charge in [0.1, 0.15) is 0 Å². The van der Waals surface area contributed by atoms with E-state index in [0.29, 0.717) is 0 Å². The number of rotatable bonds is 3. The maximum absolute atomic E-state index is 3.23. The Morgan fingerprint density at radius 1 is 1.12 bits per heavy atom. The minimum Gasteiger partial charge on any atom is -0.316 e. The van der Waals surface area contributed by atoms with Gasteiger partial charge in [0.15, 0.2) is 0 Å². The summed E-state index contributed by atoms with van der Waals surface area (Å²) in [7, 11) is 1.99. The standard InChI is InChI=1S/C14H17NS/c1-10-4-5-12(9-15-3)14(8-10)13-6-7-16-11(13)2/h4-8,15H,9H2,1-3H3. The summed E-state index contributed by atoms with van der Waals surface area (Å²) in [5.74, 6) is 0. The number of thiophene rings is 1. The zero-order valence-electron chi connectivity index (χ0n) is 10.0. The average Bonchev–Trinajstić information content (AvgIpc) is 2.67. The first-order chi connectivity index (χ1) is 7.72. The van der Waals surface area contributed by atoms with E-state index in [1.807, 2.05) is 18.4 Å². The molecule has 2 heteroatoms. The summed E-state index contributed by atoms with van der Waals surface area (Å²) in [5, 5.41) is 5.39. The van der Waals surface area contributed by atoms with Crippen molar-refractivity contribution in [3.05, 3.63) is 45.6 Å². The van der Waals surface area contributed by atoms with Crippen molar-refractivity contribution in [1.29, 1.82) is 0 Å². The highest BCUT2D eigenvalue weighted by Gasteiger charge is 2.08. The Bertz CT molecular complexity index is 485. The van der Waals surface area contributed by atoms with Crippen molar-refractivity contribution >= 4 is 11.3 Å². The highest BCUT2D eigenvalue weighted by molar-refractivity contribution is 7.10. The van der Waals surface area contributed by atoms with Crippen LogP contribution in [0, 0.1) is 13.8 Å². The summed E-state index contributed by atoms with van der Waals surface area (Å²) in [6.45, 7) is 5.25. The first-order valence-corrected chi connectivity index (χ1v) is 6.39. The molecule has 84 valence electrons. The van der Waals surface area contributed by atoms with Gasteiger partial charge in [0.25, 0.3) is 0 Å². The van der Waals surface area contributed by atoms with E-state index in [4.69, 9.17) is 0 Å². The van der Waals surface area contributed by atoms with Crippen molar-refractivity contribution in [2.75, 3.05) is 7.05 Å². The fourth-order valence-electron chi connectivity index (χ4n) is 1.95. The van der Waals surface area contributed by atoms with Gasteiger partial charge in [-0.25, -0.2) is 0 Å². The molecule has 1 aromatic carbocycles. The van der Waals surface area contributed by atoms with E-state index in [1.165, 1.54) is 27.1 Å². The van der Waals surface area contributed by atoms with Gasteiger partial charge in [-0.15, -0.1) is 11.3 Å². The van der Waals surface area contributed by atoms with Gasteiger partial charge >= 0.3 is 0 Å². The van der Waals surface area contributed by atoms with Crippen molar-refractivity contribution in [2.45, 2.75) is 20.4 Å². The van der Waals surface area contributed by atoms with Gasteiger partial charge in [0, 0.05) is 11.4 Å².